The number of rotatable bonds is 5. The van der Waals surface area contributed by atoms with Crippen LogP contribution >= 0.6 is 0 Å². The normalized spacial score (nSPS) is 19.9. The Morgan fingerprint density at radius 3 is 2.47 bits per heavy atom. The third kappa shape index (κ3) is 4.90. The Hall–Kier alpha value is -3.05. The highest BCUT2D eigenvalue weighted by Gasteiger charge is 2.49. The number of carbonyl (C=O) groups is 1. The molecule has 8 heteroatoms. The van der Waals surface area contributed by atoms with Crippen molar-refractivity contribution in [2.24, 2.45) is 11.3 Å². The lowest BCUT2D eigenvalue weighted by molar-refractivity contribution is -0.137. The van der Waals surface area contributed by atoms with E-state index in [9.17, 15) is 23.1 Å². The van der Waals surface area contributed by atoms with E-state index in [0.29, 0.717) is 57.5 Å². The van der Waals surface area contributed by atoms with Crippen LogP contribution in [0.15, 0.2) is 48.5 Å². The maximum Gasteiger partial charge on any atom is 0.417 e. The molecule has 2 aromatic carbocycles. The lowest BCUT2D eigenvalue weighted by Crippen LogP contribution is -2.45. The van der Waals surface area contributed by atoms with Crippen LogP contribution in [0.4, 0.5) is 18.9 Å². The molecule has 1 unspecified atom stereocenters. The molecule has 4 rings (SSSR count). The van der Waals surface area contributed by atoms with Crippen LogP contribution in [0.2, 0.25) is 0 Å². The minimum atomic E-state index is -4.59. The van der Waals surface area contributed by atoms with Gasteiger partial charge in [-0.15, -0.1) is 0 Å². The van der Waals surface area contributed by atoms with Gasteiger partial charge < -0.3 is 14.9 Å². The molecule has 2 aliphatic rings. The molecule has 5 nitrogen and oxygen atoms in total. The number of hydrogen-bond acceptors (Lipinski definition) is 4. The Kier molecular flexibility index (Phi) is 6.85. The largest absolute Gasteiger partial charge is 0.417 e. The van der Waals surface area contributed by atoms with Gasteiger partial charge in [-0.2, -0.15) is 18.4 Å². The minimum absolute atomic E-state index is 0.0163. The standard InChI is InChI=1S/C26H28F3N3O2/c27-26(28,29)23-14-22(8-7-20(23)15-30)31-12-10-25(11-13-31)18-32(16-21(25)17-33)24(34)9-6-19-4-2-1-3-5-19/h1-5,7-8,14,21,33H,6,9-13,16-18H2. The number of nitrogens with zero attached hydrogens (tertiary/aromatic N) is 3. The second kappa shape index (κ2) is 9.67. The number of amides is 1. The summed E-state index contributed by atoms with van der Waals surface area (Å²) in [5.74, 6) is 0.0329. The summed E-state index contributed by atoms with van der Waals surface area (Å²) in [7, 11) is 0. The van der Waals surface area contributed by atoms with Crippen molar-refractivity contribution in [1.82, 2.24) is 4.90 Å². The Labute approximate surface area is 197 Å². The zero-order chi connectivity index (χ0) is 24.3. The fourth-order valence-electron chi connectivity index (χ4n) is 5.37. The molecule has 2 aromatic rings. The third-order valence-corrected chi connectivity index (χ3v) is 7.41. The van der Waals surface area contributed by atoms with Gasteiger partial charge in [-0.05, 0) is 48.4 Å². The number of hydrogen-bond donors (Lipinski definition) is 1. The van der Waals surface area contributed by atoms with Crippen LogP contribution in [0.25, 0.3) is 0 Å². The molecule has 1 N–H and O–H groups in total. The van der Waals surface area contributed by atoms with Crippen LogP contribution < -0.4 is 4.90 Å². The number of carbonyl (C=O) groups excluding carboxylic acids is 1. The molecular weight excluding hydrogens is 443 g/mol. The van der Waals surface area contributed by atoms with Crippen molar-refractivity contribution in [3.05, 3.63) is 65.2 Å². The Morgan fingerprint density at radius 1 is 1.15 bits per heavy atom. The van der Waals surface area contributed by atoms with Crippen molar-refractivity contribution in [1.29, 1.82) is 5.26 Å². The van der Waals surface area contributed by atoms with Gasteiger partial charge in [-0.1, -0.05) is 30.3 Å². The van der Waals surface area contributed by atoms with Gasteiger partial charge in [0.1, 0.15) is 0 Å². The molecule has 2 heterocycles. The van der Waals surface area contributed by atoms with Crippen LogP contribution in [0.1, 0.15) is 36.0 Å². The van der Waals surface area contributed by atoms with Gasteiger partial charge in [0.05, 0.1) is 17.2 Å². The number of aryl methyl sites for hydroxylation is 1. The summed E-state index contributed by atoms with van der Waals surface area (Å²) in [5, 5.41) is 19.1. The van der Waals surface area contributed by atoms with Crippen molar-refractivity contribution in [3.8, 4) is 6.07 Å². The SMILES string of the molecule is N#Cc1ccc(N2CCC3(CC2)CN(C(=O)CCc2ccccc2)CC3CO)cc1C(F)(F)F. The maximum absolute atomic E-state index is 13.4. The van der Waals surface area contributed by atoms with E-state index in [-0.39, 0.29) is 29.4 Å². The van der Waals surface area contributed by atoms with Gasteiger partial charge >= 0.3 is 6.18 Å². The Bertz CT molecular complexity index is 1060. The Morgan fingerprint density at radius 2 is 1.85 bits per heavy atom. The predicted octanol–water partition coefficient (Wildman–Crippen LogP) is 4.25. The number of benzene rings is 2. The van der Waals surface area contributed by atoms with Gasteiger partial charge in [-0.25, -0.2) is 0 Å². The number of likely N-dealkylation sites (tertiary alicyclic amines) is 1. The van der Waals surface area contributed by atoms with Crippen molar-refractivity contribution < 1.29 is 23.1 Å². The minimum Gasteiger partial charge on any atom is -0.396 e. The number of alkyl halides is 3. The van der Waals surface area contributed by atoms with Crippen molar-refractivity contribution in [2.75, 3.05) is 37.7 Å². The number of aliphatic hydroxyl groups excluding tert-OH is 1. The maximum atomic E-state index is 13.4. The van der Waals surface area contributed by atoms with Crippen molar-refractivity contribution in [2.45, 2.75) is 31.9 Å². The summed E-state index contributed by atoms with van der Waals surface area (Å²) in [6.07, 6.45) is -2.15. The number of nitriles is 1. The number of piperidine rings is 1. The summed E-state index contributed by atoms with van der Waals surface area (Å²) in [4.78, 5) is 16.6. The van der Waals surface area contributed by atoms with Gasteiger partial charge in [-0.3, -0.25) is 4.79 Å². The summed E-state index contributed by atoms with van der Waals surface area (Å²) in [6, 6.07) is 15.3. The molecule has 34 heavy (non-hydrogen) atoms. The van der Waals surface area contributed by atoms with Crippen LogP contribution in [0, 0.1) is 22.7 Å². The van der Waals surface area contributed by atoms with Crippen molar-refractivity contribution >= 4 is 11.6 Å². The first-order valence-corrected chi connectivity index (χ1v) is 11.5. The first-order valence-electron chi connectivity index (χ1n) is 11.5. The predicted molar refractivity (Wildman–Crippen MR) is 122 cm³/mol. The van der Waals surface area contributed by atoms with Crippen LogP contribution in [-0.2, 0) is 17.4 Å². The van der Waals surface area contributed by atoms with E-state index in [1.54, 1.807) is 12.1 Å². The third-order valence-electron chi connectivity index (χ3n) is 7.41. The average Bonchev–Trinajstić information content (AvgIpc) is 3.20. The summed E-state index contributed by atoms with van der Waals surface area (Å²) in [5.41, 5.74) is 0.0168. The second-order valence-corrected chi connectivity index (χ2v) is 9.33. The van der Waals surface area contributed by atoms with E-state index < -0.39 is 11.7 Å². The first kappa shape index (κ1) is 24.1. The summed E-state index contributed by atoms with van der Waals surface area (Å²) >= 11 is 0. The van der Waals surface area contributed by atoms with Gasteiger partial charge in [0.15, 0.2) is 0 Å². The first-order chi connectivity index (χ1) is 16.3. The molecule has 1 amide bonds. The van der Waals surface area contributed by atoms with Gasteiger partial charge in [0.2, 0.25) is 5.91 Å². The highest BCUT2D eigenvalue weighted by molar-refractivity contribution is 5.77. The molecule has 180 valence electrons. The van der Waals surface area contributed by atoms with E-state index >= 15 is 0 Å². The second-order valence-electron chi connectivity index (χ2n) is 9.33. The quantitative estimate of drug-likeness (QED) is 0.708. The molecule has 1 spiro atoms. The lowest BCUT2D eigenvalue weighted by atomic mass is 9.71. The van der Waals surface area contributed by atoms with E-state index in [4.69, 9.17) is 5.26 Å². The number of halogens is 3. The average molecular weight is 472 g/mol. The molecule has 2 fully saturated rings. The summed E-state index contributed by atoms with van der Waals surface area (Å²) in [6.45, 7) is 2.13. The van der Waals surface area contributed by atoms with E-state index in [1.807, 2.05) is 40.1 Å². The van der Waals surface area contributed by atoms with Gasteiger partial charge in [0, 0.05) is 50.8 Å². The van der Waals surface area contributed by atoms with Crippen LogP contribution in [0.5, 0.6) is 0 Å². The zero-order valence-electron chi connectivity index (χ0n) is 18.9. The molecular formula is C26H28F3N3O2. The number of anilines is 1. The molecule has 0 aromatic heterocycles. The Balaban J connectivity index is 1.42. The molecule has 1 atom stereocenters. The van der Waals surface area contributed by atoms with E-state index in [0.717, 1.165) is 11.6 Å². The molecule has 0 aliphatic carbocycles. The smallest absolute Gasteiger partial charge is 0.396 e. The molecule has 0 saturated carbocycles. The van der Waals surface area contributed by atoms with Crippen molar-refractivity contribution in [3.63, 3.8) is 0 Å². The fraction of sp³-hybridized carbons (Fsp3) is 0.462. The molecule has 0 bridgehead atoms. The molecule has 0 radical (unpaired) electrons. The molecule has 2 aliphatic heterocycles. The topological polar surface area (TPSA) is 67.6 Å². The fourth-order valence-corrected chi connectivity index (χ4v) is 5.37. The highest BCUT2D eigenvalue weighted by Crippen LogP contribution is 2.46. The summed E-state index contributed by atoms with van der Waals surface area (Å²) < 4.78 is 40.1. The highest BCUT2D eigenvalue weighted by atomic mass is 19.4. The monoisotopic (exact) mass is 471 g/mol. The van der Waals surface area contributed by atoms with E-state index in [2.05, 4.69) is 0 Å². The van der Waals surface area contributed by atoms with E-state index in [1.165, 1.54) is 6.07 Å². The number of aliphatic hydroxyl groups is 1. The lowest BCUT2D eigenvalue weighted by Gasteiger charge is -2.43. The molecule has 2 saturated heterocycles. The van der Waals surface area contributed by atoms with Crippen LogP contribution in [-0.4, -0.2) is 48.7 Å². The van der Waals surface area contributed by atoms with Gasteiger partial charge in [0.25, 0.3) is 0 Å². The van der Waals surface area contributed by atoms with Crippen LogP contribution in [0.3, 0.4) is 0 Å². The zero-order valence-corrected chi connectivity index (χ0v) is 18.9.